The van der Waals surface area contributed by atoms with Crippen molar-refractivity contribution in [3.8, 4) is 5.75 Å². The summed E-state index contributed by atoms with van der Waals surface area (Å²) in [4.78, 5) is 27.9. The number of hydrogen-bond acceptors (Lipinski definition) is 5. The monoisotopic (exact) mass is 537 g/mol. The van der Waals surface area contributed by atoms with Gasteiger partial charge in [-0.2, -0.15) is 0 Å². The van der Waals surface area contributed by atoms with E-state index in [1.807, 2.05) is 32.9 Å². The van der Waals surface area contributed by atoms with E-state index in [0.717, 1.165) is 11.8 Å². The zero-order chi connectivity index (χ0) is 26.9. The van der Waals surface area contributed by atoms with Gasteiger partial charge in [0, 0.05) is 36.6 Å². The summed E-state index contributed by atoms with van der Waals surface area (Å²) in [5, 5.41) is 3.40. The molecule has 2 rings (SSSR count). The molecule has 2 aromatic carbocycles. The SMILES string of the molecule is CC[C@@H](C(=O)NC(C)C)N(Cc1ccccc1Cl)C(=O)CCCN(c1cccc(OC)c1)S(C)(=O)=O. The average Bonchev–Trinajstić information content (AvgIpc) is 2.81. The highest BCUT2D eigenvalue weighted by Crippen LogP contribution is 2.24. The number of methoxy groups -OCH3 is 1. The van der Waals surface area contributed by atoms with Crippen LogP contribution in [0.25, 0.3) is 0 Å². The zero-order valence-corrected chi connectivity index (χ0v) is 23.1. The van der Waals surface area contributed by atoms with Gasteiger partial charge in [-0.1, -0.05) is 42.8 Å². The number of anilines is 1. The van der Waals surface area contributed by atoms with Gasteiger partial charge < -0.3 is 15.0 Å². The molecule has 0 unspecified atom stereocenters. The van der Waals surface area contributed by atoms with Crippen LogP contribution in [-0.4, -0.2) is 57.1 Å². The van der Waals surface area contributed by atoms with Gasteiger partial charge in [-0.3, -0.25) is 13.9 Å². The van der Waals surface area contributed by atoms with Gasteiger partial charge in [-0.15, -0.1) is 0 Å². The Bertz CT molecular complexity index is 1140. The number of nitrogens with zero attached hydrogens (tertiary/aromatic N) is 2. The number of rotatable bonds is 13. The molecule has 0 aliphatic rings. The molecular formula is C26H36ClN3O5S. The lowest BCUT2D eigenvalue weighted by molar-refractivity contribution is -0.141. The van der Waals surface area contributed by atoms with Crippen LogP contribution in [0.4, 0.5) is 5.69 Å². The third kappa shape index (κ3) is 8.41. The summed E-state index contributed by atoms with van der Waals surface area (Å²) in [5.41, 5.74) is 1.19. The second kappa shape index (κ2) is 13.5. The molecule has 0 aliphatic heterocycles. The normalized spacial score (nSPS) is 12.2. The lowest BCUT2D eigenvalue weighted by Gasteiger charge is -2.32. The summed E-state index contributed by atoms with van der Waals surface area (Å²) >= 11 is 6.35. The Morgan fingerprint density at radius 2 is 1.81 bits per heavy atom. The first kappa shape index (κ1) is 29.5. The summed E-state index contributed by atoms with van der Waals surface area (Å²) in [6, 6.07) is 13.2. The number of carbonyl (C=O) groups excluding carboxylic acids is 2. The van der Waals surface area contributed by atoms with Gasteiger partial charge in [0.2, 0.25) is 21.8 Å². The quantitative estimate of drug-likeness (QED) is 0.412. The van der Waals surface area contributed by atoms with Gasteiger partial charge in [0.05, 0.1) is 19.1 Å². The van der Waals surface area contributed by atoms with Crippen molar-refractivity contribution >= 4 is 39.1 Å². The predicted octanol–water partition coefficient (Wildman–Crippen LogP) is 4.23. The number of amides is 2. The van der Waals surface area contributed by atoms with Crippen molar-refractivity contribution in [2.75, 3.05) is 24.2 Å². The molecule has 10 heteroatoms. The number of carbonyl (C=O) groups is 2. The molecule has 0 aliphatic carbocycles. The lowest BCUT2D eigenvalue weighted by atomic mass is 10.1. The third-order valence-electron chi connectivity index (χ3n) is 5.61. The molecule has 0 radical (unpaired) electrons. The van der Waals surface area contributed by atoms with E-state index in [2.05, 4.69) is 5.32 Å². The number of sulfonamides is 1. The van der Waals surface area contributed by atoms with Gasteiger partial charge in [-0.25, -0.2) is 8.42 Å². The van der Waals surface area contributed by atoms with Crippen LogP contribution in [0.15, 0.2) is 48.5 Å². The standard InChI is InChI=1S/C26H36ClN3O5S/c1-6-24(26(32)28-19(2)3)29(18-20-11-7-8-14-23(20)27)25(31)15-10-16-30(36(5,33)34)21-12-9-13-22(17-21)35-4/h7-9,11-14,17,19,24H,6,10,15-16,18H2,1-5H3,(H,28,32)/t24-/m0/s1. The van der Waals surface area contributed by atoms with Crippen molar-refractivity contribution in [3.63, 3.8) is 0 Å². The summed E-state index contributed by atoms with van der Waals surface area (Å²) < 4.78 is 31.4. The molecular weight excluding hydrogens is 502 g/mol. The first-order chi connectivity index (χ1) is 17.0. The van der Waals surface area contributed by atoms with E-state index in [4.69, 9.17) is 16.3 Å². The number of ether oxygens (including phenoxy) is 1. The van der Waals surface area contributed by atoms with Crippen LogP contribution in [0, 0.1) is 0 Å². The van der Waals surface area contributed by atoms with Crippen molar-refractivity contribution in [1.29, 1.82) is 0 Å². The minimum atomic E-state index is -3.59. The first-order valence-electron chi connectivity index (χ1n) is 11.9. The topological polar surface area (TPSA) is 96.0 Å². The third-order valence-corrected chi connectivity index (χ3v) is 7.17. The fourth-order valence-electron chi connectivity index (χ4n) is 3.88. The van der Waals surface area contributed by atoms with Gasteiger partial charge in [0.1, 0.15) is 11.8 Å². The Balaban J connectivity index is 2.24. The molecule has 0 fully saturated rings. The molecule has 0 saturated heterocycles. The van der Waals surface area contributed by atoms with E-state index in [1.165, 1.54) is 16.3 Å². The molecule has 36 heavy (non-hydrogen) atoms. The maximum atomic E-state index is 13.4. The lowest BCUT2D eigenvalue weighted by Crippen LogP contribution is -2.50. The van der Waals surface area contributed by atoms with E-state index < -0.39 is 16.1 Å². The predicted molar refractivity (Wildman–Crippen MR) is 144 cm³/mol. The van der Waals surface area contributed by atoms with Gasteiger partial charge in [0.25, 0.3) is 0 Å². The maximum absolute atomic E-state index is 13.4. The molecule has 198 valence electrons. The largest absolute Gasteiger partial charge is 0.497 e. The highest BCUT2D eigenvalue weighted by atomic mass is 35.5. The van der Waals surface area contributed by atoms with Gasteiger partial charge in [0.15, 0.2) is 0 Å². The molecule has 0 aromatic heterocycles. The molecule has 0 heterocycles. The van der Waals surface area contributed by atoms with Crippen LogP contribution in [0.2, 0.25) is 5.02 Å². The first-order valence-corrected chi connectivity index (χ1v) is 14.2. The molecule has 1 N–H and O–H groups in total. The highest BCUT2D eigenvalue weighted by molar-refractivity contribution is 7.92. The van der Waals surface area contributed by atoms with Crippen LogP contribution in [-0.2, 0) is 26.2 Å². The van der Waals surface area contributed by atoms with E-state index in [9.17, 15) is 18.0 Å². The zero-order valence-electron chi connectivity index (χ0n) is 21.5. The number of hydrogen-bond donors (Lipinski definition) is 1. The van der Waals surface area contributed by atoms with E-state index >= 15 is 0 Å². The van der Waals surface area contributed by atoms with E-state index in [-0.39, 0.29) is 43.8 Å². The van der Waals surface area contributed by atoms with Crippen LogP contribution in [0.1, 0.15) is 45.6 Å². The van der Waals surface area contributed by atoms with Crippen molar-refractivity contribution in [2.45, 2.75) is 58.7 Å². The summed E-state index contributed by atoms with van der Waals surface area (Å²) in [6.07, 6.45) is 1.88. The molecule has 2 amide bonds. The minimum absolute atomic E-state index is 0.0614. The maximum Gasteiger partial charge on any atom is 0.243 e. The minimum Gasteiger partial charge on any atom is -0.497 e. The second-order valence-electron chi connectivity index (χ2n) is 8.84. The van der Waals surface area contributed by atoms with Crippen molar-refractivity contribution < 1.29 is 22.7 Å². The van der Waals surface area contributed by atoms with Crippen LogP contribution >= 0.6 is 11.6 Å². The molecule has 0 bridgehead atoms. The fraction of sp³-hybridized carbons (Fsp3) is 0.462. The van der Waals surface area contributed by atoms with Crippen molar-refractivity contribution in [2.24, 2.45) is 0 Å². The Hall–Kier alpha value is -2.78. The highest BCUT2D eigenvalue weighted by Gasteiger charge is 2.29. The molecule has 0 spiro atoms. The summed E-state index contributed by atoms with van der Waals surface area (Å²) in [6.45, 7) is 5.86. The van der Waals surface area contributed by atoms with E-state index in [0.29, 0.717) is 22.9 Å². The number of nitrogens with one attached hydrogen (secondary N) is 1. The molecule has 0 saturated carbocycles. The summed E-state index contributed by atoms with van der Waals surface area (Å²) in [5.74, 6) is 0.0481. The second-order valence-corrected chi connectivity index (χ2v) is 11.2. The Morgan fingerprint density at radius 3 is 2.39 bits per heavy atom. The smallest absolute Gasteiger partial charge is 0.243 e. The van der Waals surface area contributed by atoms with Crippen LogP contribution in [0.3, 0.4) is 0 Å². The Kier molecular flexibility index (Phi) is 11.0. The van der Waals surface area contributed by atoms with Gasteiger partial charge >= 0.3 is 0 Å². The molecule has 8 nitrogen and oxygen atoms in total. The number of benzene rings is 2. The average molecular weight is 538 g/mol. The van der Waals surface area contributed by atoms with Crippen LogP contribution < -0.4 is 14.4 Å². The van der Waals surface area contributed by atoms with Crippen molar-refractivity contribution in [3.05, 3.63) is 59.1 Å². The van der Waals surface area contributed by atoms with Crippen molar-refractivity contribution in [1.82, 2.24) is 10.2 Å². The van der Waals surface area contributed by atoms with Gasteiger partial charge in [-0.05, 0) is 50.5 Å². The Labute approximate surface area is 219 Å². The fourth-order valence-corrected chi connectivity index (χ4v) is 5.03. The van der Waals surface area contributed by atoms with Crippen LogP contribution in [0.5, 0.6) is 5.75 Å². The Morgan fingerprint density at radius 1 is 1.11 bits per heavy atom. The molecule has 1 atom stereocenters. The summed E-state index contributed by atoms with van der Waals surface area (Å²) in [7, 11) is -2.08. The number of halogens is 1. The molecule has 2 aromatic rings. The van der Waals surface area contributed by atoms with E-state index in [1.54, 1.807) is 36.4 Å².